The van der Waals surface area contributed by atoms with Gasteiger partial charge >= 0.3 is 6.18 Å². The van der Waals surface area contributed by atoms with Crippen molar-refractivity contribution < 1.29 is 13.2 Å². The van der Waals surface area contributed by atoms with Crippen LogP contribution in [0, 0.1) is 11.8 Å². The molecule has 2 N–H and O–H groups in total. The summed E-state index contributed by atoms with van der Waals surface area (Å²) in [6.45, 7) is 4.30. The molecule has 21 heavy (non-hydrogen) atoms. The van der Waals surface area contributed by atoms with Gasteiger partial charge in [0.1, 0.15) is 0 Å². The van der Waals surface area contributed by atoms with Crippen LogP contribution in [-0.2, 0) is 12.0 Å². The average Bonchev–Trinajstić information content (AvgIpc) is 2.37. The molecular formula is C17H24F3N. The van der Waals surface area contributed by atoms with Gasteiger partial charge < -0.3 is 5.73 Å². The van der Waals surface area contributed by atoms with Gasteiger partial charge in [-0.1, -0.05) is 38.1 Å². The van der Waals surface area contributed by atoms with Crippen LogP contribution in [-0.4, -0.2) is 6.18 Å². The van der Waals surface area contributed by atoms with Crippen LogP contribution in [0.1, 0.15) is 50.7 Å². The van der Waals surface area contributed by atoms with E-state index in [-0.39, 0.29) is 12.8 Å². The van der Waals surface area contributed by atoms with E-state index in [1.54, 1.807) is 0 Å². The van der Waals surface area contributed by atoms with Crippen LogP contribution in [0.2, 0.25) is 0 Å². The van der Waals surface area contributed by atoms with Gasteiger partial charge in [-0.15, -0.1) is 0 Å². The van der Waals surface area contributed by atoms with Crippen LogP contribution in [0.5, 0.6) is 0 Å². The second kappa shape index (κ2) is 5.99. The molecule has 1 aromatic rings. The predicted octanol–water partition coefficient (Wildman–Crippen LogP) is 4.79. The van der Waals surface area contributed by atoms with E-state index < -0.39 is 17.6 Å². The Labute approximate surface area is 124 Å². The van der Waals surface area contributed by atoms with E-state index in [4.69, 9.17) is 5.73 Å². The standard InChI is InChI=1S/C17H24F3N/c1-12(2)10-13-4-3-5-15(11-13)16(21)8-6-14(7-9-16)17(18,19)20/h3-5,11-12,14H,6-10,21H2,1-2H3. The van der Waals surface area contributed by atoms with Crippen molar-refractivity contribution in [2.75, 3.05) is 0 Å². The summed E-state index contributed by atoms with van der Waals surface area (Å²) < 4.78 is 38.3. The first-order chi connectivity index (χ1) is 9.71. The first-order valence-corrected chi connectivity index (χ1v) is 7.66. The third-order valence-electron chi connectivity index (χ3n) is 4.49. The van der Waals surface area contributed by atoms with Gasteiger partial charge in [0, 0.05) is 5.54 Å². The summed E-state index contributed by atoms with van der Waals surface area (Å²) in [5.74, 6) is -0.636. The predicted molar refractivity (Wildman–Crippen MR) is 78.9 cm³/mol. The molecule has 2 rings (SSSR count). The van der Waals surface area contributed by atoms with Crippen LogP contribution >= 0.6 is 0 Å². The largest absolute Gasteiger partial charge is 0.391 e. The molecule has 0 unspecified atom stereocenters. The summed E-state index contributed by atoms with van der Waals surface area (Å²) in [6.07, 6.45) is -2.04. The van der Waals surface area contributed by atoms with Gasteiger partial charge in [-0.2, -0.15) is 13.2 Å². The zero-order valence-electron chi connectivity index (χ0n) is 12.7. The number of benzene rings is 1. The van der Waals surface area contributed by atoms with Gasteiger partial charge in [0.05, 0.1) is 5.92 Å². The van der Waals surface area contributed by atoms with Crippen LogP contribution in [0.25, 0.3) is 0 Å². The minimum atomic E-state index is -4.08. The molecule has 0 heterocycles. The molecular weight excluding hydrogens is 275 g/mol. The summed E-state index contributed by atoms with van der Waals surface area (Å²) in [6, 6.07) is 8.07. The molecule has 0 aliphatic heterocycles. The maximum atomic E-state index is 12.8. The molecule has 1 nitrogen and oxygen atoms in total. The maximum Gasteiger partial charge on any atom is 0.391 e. The summed E-state index contributed by atoms with van der Waals surface area (Å²) >= 11 is 0. The van der Waals surface area contributed by atoms with E-state index in [2.05, 4.69) is 26.0 Å². The van der Waals surface area contributed by atoms with E-state index >= 15 is 0 Å². The molecule has 4 heteroatoms. The Kier molecular flexibility index (Phi) is 4.66. The van der Waals surface area contributed by atoms with E-state index in [9.17, 15) is 13.2 Å². The average molecular weight is 299 g/mol. The molecule has 1 aliphatic rings. The van der Waals surface area contributed by atoms with Crippen molar-refractivity contribution in [2.45, 2.75) is 57.7 Å². The molecule has 0 amide bonds. The summed E-state index contributed by atoms with van der Waals surface area (Å²) in [5.41, 5.74) is 8.02. The van der Waals surface area contributed by atoms with Crippen molar-refractivity contribution in [3.63, 3.8) is 0 Å². The molecule has 0 saturated heterocycles. The lowest BCUT2D eigenvalue weighted by Gasteiger charge is -2.38. The van der Waals surface area contributed by atoms with Gasteiger partial charge in [0.15, 0.2) is 0 Å². The number of nitrogens with two attached hydrogens (primary N) is 1. The minimum Gasteiger partial charge on any atom is -0.321 e. The maximum absolute atomic E-state index is 12.8. The van der Waals surface area contributed by atoms with Gasteiger partial charge in [0.25, 0.3) is 0 Å². The molecule has 118 valence electrons. The number of rotatable bonds is 3. The SMILES string of the molecule is CC(C)Cc1cccc(C2(N)CCC(C(F)(F)F)CC2)c1. The number of alkyl halides is 3. The number of hydrogen-bond donors (Lipinski definition) is 1. The lowest BCUT2D eigenvalue weighted by molar-refractivity contribution is -0.184. The van der Waals surface area contributed by atoms with E-state index in [0.717, 1.165) is 12.0 Å². The first kappa shape index (κ1) is 16.3. The van der Waals surface area contributed by atoms with Gasteiger partial charge in [-0.3, -0.25) is 0 Å². The van der Waals surface area contributed by atoms with Crippen LogP contribution in [0.3, 0.4) is 0 Å². The molecule has 0 aromatic heterocycles. The third kappa shape index (κ3) is 4.00. The van der Waals surface area contributed by atoms with Crippen molar-refractivity contribution in [3.8, 4) is 0 Å². The van der Waals surface area contributed by atoms with Crippen LogP contribution in [0.15, 0.2) is 24.3 Å². The van der Waals surface area contributed by atoms with Crippen LogP contribution in [0.4, 0.5) is 13.2 Å². The second-order valence-electron chi connectivity index (χ2n) is 6.77. The van der Waals surface area contributed by atoms with Crippen molar-refractivity contribution in [2.24, 2.45) is 17.6 Å². The highest BCUT2D eigenvalue weighted by molar-refractivity contribution is 5.30. The van der Waals surface area contributed by atoms with Gasteiger partial charge in [-0.05, 0) is 49.1 Å². The highest BCUT2D eigenvalue weighted by atomic mass is 19.4. The molecule has 1 aliphatic carbocycles. The fourth-order valence-corrected chi connectivity index (χ4v) is 3.23. The third-order valence-corrected chi connectivity index (χ3v) is 4.49. The van der Waals surface area contributed by atoms with Gasteiger partial charge in [0.2, 0.25) is 0 Å². The van der Waals surface area contributed by atoms with E-state index in [1.807, 2.05) is 12.1 Å². The molecule has 1 aromatic carbocycles. The fourth-order valence-electron chi connectivity index (χ4n) is 3.23. The van der Waals surface area contributed by atoms with E-state index in [0.29, 0.717) is 18.8 Å². The lowest BCUT2D eigenvalue weighted by Crippen LogP contribution is -2.43. The van der Waals surface area contributed by atoms with Crippen molar-refractivity contribution in [1.82, 2.24) is 0 Å². The normalized spacial score (nSPS) is 27.1. The zero-order valence-corrected chi connectivity index (χ0v) is 12.7. The Balaban J connectivity index is 2.11. The Hall–Kier alpha value is -1.03. The number of hydrogen-bond acceptors (Lipinski definition) is 1. The highest BCUT2D eigenvalue weighted by Crippen LogP contribution is 2.44. The summed E-state index contributed by atoms with van der Waals surface area (Å²) in [5, 5.41) is 0. The molecule has 0 spiro atoms. The Morgan fingerprint density at radius 1 is 1.24 bits per heavy atom. The summed E-state index contributed by atoms with van der Waals surface area (Å²) in [7, 11) is 0. The second-order valence-corrected chi connectivity index (χ2v) is 6.77. The van der Waals surface area contributed by atoms with Crippen molar-refractivity contribution in [1.29, 1.82) is 0 Å². The topological polar surface area (TPSA) is 26.0 Å². The van der Waals surface area contributed by atoms with Crippen molar-refractivity contribution >= 4 is 0 Å². The quantitative estimate of drug-likeness (QED) is 0.853. The van der Waals surface area contributed by atoms with E-state index in [1.165, 1.54) is 5.56 Å². The molecule has 0 atom stereocenters. The monoisotopic (exact) mass is 299 g/mol. The molecule has 0 bridgehead atoms. The Morgan fingerprint density at radius 2 is 1.86 bits per heavy atom. The smallest absolute Gasteiger partial charge is 0.321 e. The van der Waals surface area contributed by atoms with Crippen LogP contribution < -0.4 is 5.73 Å². The fraction of sp³-hybridized carbons (Fsp3) is 0.647. The molecule has 1 fully saturated rings. The van der Waals surface area contributed by atoms with Crippen molar-refractivity contribution in [3.05, 3.63) is 35.4 Å². The summed E-state index contributed by atoms with van der Waals surface area (Å²) in [4.78, 5) is 0. The van der Waals surface area contributed by atoms with Gasteiger partial charge in [-0.25, -0.2) is 0 Å². The number of halogens is 3. The Bertz CT molecular complexity index is 471. The molecule has 1 saturated carbocycles. The first-order valence-electron chi connectivity index (χ1n) is 7.66. The lowest BCUT2D eigenvalue weighted by atomic mass is 9.73. The Morgan fingerprint density at radius 3 is 2.38 bits per heavy atom. The molecule has 0 radical (unpaired) electrons. The minimum absolute atomic E-state index is 0.133. The zero-order chi connectivity index (χ0) is 15.7. The highest BCUT2D eigenvalue weighted by Gasteiger charge is 2.45.